The molecule has 11 heavy (non-hydrogen) atoms. The SMILES string of the molecule is CNC1=C=C(C)C(C)CCC1. The zero-order valence-corrected chi connectivity index (χ0v) is 7.70. The zero-order chi connectivity index (χ0) is 8.27. The van der Waals surface area contributed by atoms with Gasteiger partial charge in [0.1, 0.15) is 0 Å². The number of hydrogen-bond donors (Lipinski definition) is 1. The summed E-state index contributed by atoms with van der Waals surface area (Å²) < 4.78 is 0. The van der Waals surface area contributed by atoms with E-state index in [4.69, 9.17) is 0 Å². The second-order valence-corrected chi connectivity index (χ2v) is 3.33. The third-order valence-corrected chi connectivity index (χ3v) is 2.45. The van der Waals surface area contributed by atoms with E-state index in [0.29, 0.717) is 0 Å². The molecule has 1 N–H and O–H groups in total. The monoisotopic (exact) mass is 151 g/mol. The molecule has 0 heterocycles. The highest BCUT2D eigenvalue weighted by atomic mass is 14.8. The van der Waals surface area contributed by atoms with Crippen LogP contribution in [0.3, 0.4) is 0 Å². The first-order chi connectivity index (χ1) is 5.24. The summed E-state index contributed by atoms with van der Waals surface area (Å²) in [4.78, 5) is 0. The Labute approximate surface area is 69.2 Å². The Morgan fingerprint density at radius 3 is 2.91 bits per heavy atom. The first kappa shape index (κ1) is 8.42. The van der Waals surface area contributed by atoms with Crippen LogP contribution in [0.1, 0.15) is 33.1 Å². The number of nitrogens with one attached hydrogen (secondary N) is 1. The predicted octanol–water partition coefficient (Wildman–Crippen LogP) is 2.45. The summed E-state index contributed by atoms with van der Waals surface area (Å²) in [6, 6.07) is 0. The van der Waals surface area contributed by atoms with Crippen LogP contribution < -0.4 is 5.32 Å². The quantitative estimate of drug-likeness (QED) is 0.568. The predicted molar refractivity (Wildman–Crippen MR) is 48.3 cm³/mol. The molecule has 0 fully saturated rings. The Kier molecular flexibility index (Phi) is 2.78. The van der Waals surface area contributed by atoms with Crippen molar-refractivity contribution >= 4 is 0 Å². The molecule has 1 heteroatoms. The molecular weight excluding hydrogens is 134 g/mol. The minimum Gasteiger partial charge on any atom is -0.385 e. The van der Waals surface area contributed by atoms with Gasteiger partial charge in [-0.2, -0.15) is 0 Å². The lowest BCUT2D eigenvalue weighted by molar-refractivity contribution is 0.584. The largest absolute Gasteiger partial charge is 0.385 e. The minimum atomic E-state index is 0.723. The van der Waals surface area contributed by atoms with Gasteiger partial charge in [-0.25, -0.2) is 0 Å². The highest BCUT2D eigenvalue weighted by Crippen LogP contribution is 2.21. The average molecular weight is 151 g/mol. The van der Waals surface area contributed by atoms with Crippen LogP contribution in [0.4, 0.5) is 0 Å². The minimum absolute atomic E-state index is 0.723. The van der Waals surface area contributed by atoms with Crippen molar-refractivity contribution in [3.63, 3.8) is 0 Å². The molecule has 0 bridgehead atoms. The Balaban J connectivity index is 2.83. The second-order valence-electron chi connectivity index (χ2n) is 3.33. The fourth-order valence-corrected chi connectivity index (χ4v) is 1.41. The lowest BCUT2D eigenvalue weighted by Crippen LogP contribution is -2.03. The van der Waals surface area contributed by atoms with Gasteiger partial charge >= 0.3 is 0 Å². The fraction of sp³-hybridized carbons (Fsp3) is 0.700. The van der Waals surface area contributed by atoms with E-state index in [2.05, 4.69) is 24.9 Å². The molecule has 62 valence electrons. The summed E-state index contributed by atoms with van der Waals surface area (Å²) in [6.45, 7) is 4.45. The number of rotatable bonds is 1. The molecular formula is C10H17N. The summed E-state index contributed by atoms with van der Waals surface area (Å²) in [5.74, 6) is 0.723. The maximum atomic E-state index is 3.40. The molecule has 1 atom stereocenters. The Morgan fingerprint density at radius 2 is 2.27 bits per heavy atom. The molecule has 0 radical (unpaired) electrons. The van der Waals surface area contributed by atoms with E-state index < -0.39 is 0 Å². The van der Waals surface area contributed by atoms with Gasteiger partial charge in [-0.05, 0) is 37.7 Å². The lowest BCUT2D eigenvalue weighted by Gasteiger charge is -2.05. The number of allylic oxidation sites excluding steroid dienone is 1. The molecule has 1 unspecified atom stereocenters. The summed E-state index contributed by atoms with van der Waals surface area (Å²) in [6.07, 6.45) is 3.77. The van der Waals surface area contributed by atoms with Gasteiger partial charge in [0.25, 0.3) is 0 Å². The van der Waals surface area contributed by atoms with E-state index in [0.717, 1.165) is 12.3 Å². The number of hydrogen-bond acceptors (Lipinski definition) is 1. The van der Waals surface area contributed by atoms with Crippen molar-refractivity contribution in [1.82, 2.24) is 5.32 Å². The first-order valence-corrected chi connectivity index (χ1v) is 4.38. The molecule has 0 amide bonds. The zero-order valence-electron chi connectivity index (χ0n) is 7.70. The molecule has 0 saturated heterocycles. The topological polar surface area (TPSA) is 12.0 Å². The van der Waals surface area contributed by atoms with Crippen molar-refractivity contribution in [2.45, 2.75) is 33.1 Å². The van der Waals surface area contributed by atoms with Crippen molar-refractivity contribution in [2.75, 3.05) is 7.05 Å². The van der Waals surface area contributed by atoms with Crippen molar-refractivity contribution in [3.8, 4) is 0 Å². The van der Waals surface area contributed by atoms with Gasteiger partial charge < -0.3 is 5.32 Å². The van der Waals surface area contributed by atoms with Crippen LogP contribution in [0.25, 0.3) is 0 Å². The average Bonchev–Trinajstić information content (AvgIpc) is 2.15. The molecule has 1 nitrogen and oxygen atoms in total. The third kappa shape index (κ3) is 2.13. The maximum Gasteiger partial charge on any atom is 0.0535 e. The Hall–Kier alpha value is -0.680. The van der Waals surface area contributed by atoms with Crippen LogP contribution in [0.5, 0.6) is 0 Å². The fourth-order valence-electron chi connectivity index (χ4n) is 1.41. The van der Waals surface area contributed by atoms with Gasteiger partial charge in [-0.3, -0.25) is 0 Å². The van der Waals surface area contributed by atoms with E-state index in [1.807, 2.05) is 7.05 Å². The van der Waals surface area contributed by atoms with Crippen molar-refractivity contribution in [3.05, 3.63) is 17.0 Å². The molecule has 1 rings (SSSR count). The molecule has 0 aromatic carbocycles. The summed E-state index contributed by atoms with van der Waals surface area (Å²) in [7, 11) is 1.98. The molecule has 0 aliphatic heterocycles. The van der Waals surface area contributed by atoms with Gasteiger partial charge in [0.15, 0.2) is 0 Å². The van der Waals surface area contributed by atoms with Crippen LogP contribution in [0.2, 0.25) is 0 Å². The van der Waals surface area contributed by atoms with E-state index in [1.165, 1.54) is 24.1 Å². The molecule has 0 saturated carbocycles. The van der Waals surface area contributed by atoms with Gasteiger partial charge in [0.05, 0.1) is 5.70 Å². The first-order valence-electron chi connectivity index (χ1n) is 4.38. The van der Waals surface area contributed by atoms with Crippen molar-refractivity contribution in [2.24, 2.45) is 5.92 Å². The normalized spacial score (nSPS) is 25.2. The van der Waals surface area contributed by atoms with Crippen LogP contribution in [0, 0.1) is 5.92 Å². The van der Waals surface area contributed by atoms with Gasteiger partial charge in [0, 0.05) is 7.05 Å². The van der Waals surface area contributed by atoms with Crippen LogP contribution in [-0.2, 0) is 0 Å². The van der Waals surface area contributed by atoms with Gasteiger partial charge in [-0.15, -0.1) is 5.73 Å². The Morgan fingerprint density at radius 1 is 1.55 bits per heavy atom. The summed E-state index contributed by atoms with van der Waals surface area (Å²) in [5.41, 5.74) is 6.07. The molecule has 0 aromatic heterocycles. The van der Waals surface area contributed by atoms with Gasteiger partial charge in [-0.1, -0.05) is 6.92 Å². The van der Waals surface area contributed by atoms with E-state index >= 15 is 0 Å². The second kappa shape index (κ2) is 3.64. The van der Waals surface area contributed by atoms with E-state index in [1.54, 1.807) is 0 Å². The van der Waals surface area contributed by atoms with Crippen LogP contribution >= 0.6 is 0 Å². The van der Waals surface area contributed by atoms with E-state index in [-0.39, 0.29) is 0 Å². The van der Waals surface area contributed by atoms with Crippen molar-refractivity contribution < 1.29 is 0 Å². The van der Waals surface area contributed by atoms with E-state index in [9.17, 15) is 0 Å². The van der Waals surface area contributed by atoms with Crippen LogP contribution in [0.15, 0.2) is 17.0 Å². The van der Waals surface area contributed by atoms with Crippen LogP contribution in [-0.4, -0.2) is 7.05 Å². The van der Waals surface area contributed by atoms with Crippen molar-refractivity contribution in [1.29, 1.82) is 0 Å². The molecule has 0 spiro atoms. The molecule has 1 aliphatic carbocycles. The smallest absolute Gasteiger partial charge is 0.0535 e. The summed E-state index contributed by atoms with van der Waals surface area (Å²) >= 11 is 0. The highest BCUT2D eigenvalue weighted by Gasteiger charge is 2.08. The molecule has 0 aromatic rings. The van der Waals surface area contributed by atoms with Gasteiger partial charge in [0.2, 0.25) is 0 Å². The summed E-state index contributed by atoms with van der Waals surface area (Å²) in [5, 5.41) is 3.18. The lowest BCUT2D eigenvalue weighted by atomic mass is 9.99. The third-order valence-electron chi connectivity index (χ3n) is 2.45. The maximum absolute atomic E-state index is 3.40. The standard InChI is InChI=1S/C10H17N/c1-8-5-4-6-10(11-3)7-9(8)2/h8,11H,4-6H2,1-3H3. The Bertz CT molecular complexity index is 195. The highest BCUT2D eigenvalue weighted by molar-refractivity contribution is 5.10. The molecule has 1 aliphatic rings.